The van der Waals surface area contributed by atoms with E-state index in [1.165, 1.54) is 13.0 Å². The Balaban J connectivity index is 2.03. The van der Waals surface area contributed by atoms with Crippen molar-refractivity contribution in [1.29, 1.82) is 10.5 Å². The Bertz CT molecular complexity index is 1080. The molecule has 4 nitrogen and oxygen atoms in total. The molecule has 3 atom stereocenters. The first kappa shape index (κ1) is 17.9. The largest absolute Gasteiger partial charge is 0.357 e. The van der Waals surface area contributed by atoms with Gasteiger partial charge in [-0.3, -0.25) is 4.79 Å². The average Bonchev–Trinajstić information content (AvgIpc) is 2.99. The number of hydrogen-bond donors (Lipinski definition) is 0. The van der Waals surface area contributed by atoms with Crippen LogP contribution in [0.2, 0.25) is 0 Å². The van der Waals surface area contributed by atoms with E-state index in [2.05, 4.69) is 12.1 Å². The van der Waals surface area contributed by atoms with Gasteiger partial charge in [0.15, 0.2) is 11.2 Å². The van der Waals surface area contributed by atoms with Crippen molar-refractivity contribution < 1.29 is 13.6 Å². The van der Waals surface area contributed by atoms with E-state index in [0.717, 1.165) is 17.2 Å². The highest BCUT2D eigenvalue weighted by Gasteiger charge is 2.63. The minimum absolute atomic E-state index is 0.00928. The summed E-state index contributed by atoms with van der Waals surface area (Å²) < 4.78 is 28.2. The molecule has 0 amide bonds. The van der Waals surface area contributed by atoms with Crippen LogP contribution in [0.1, 0.15) is 35.6 Å². The van der Waals surface area contributed by atoms with Crippen LogP contribution in [0, 0.1) is 39.7 Å². The Morgan fingerprint density at radius 1 is 1.11 bits per heavy atom. The topological polar surface area (TPSA) is 67.9 Å². The smallest absolute Gasteiger partial charge is 0.177 e. The van der Waals surface area contributed by atoms with Gasteiger partial charge in [0.1, 0.15) is 11.6 Å². The van der Waals surface area contributed by atoms with Crippen LogP contribution in [0.4, 0.5) is 8.78 Å². The van der Waals surface area contributed by atoms with Crippen LogP contribution >= 0.6 is 0 Å². The predicted molar refractivity (Wildman–Crippen MR) is 97.3 cm³/mol. The number of nitriles is 2. The number of benzene rings is 2. The molecule has 0 aliphatic carbocycles. The average molecular weight is 375 g/mol. The Morgan fingerprint density at radius 3 is 2.46 bits per heavy atom. The predicted octanol–water partition coefficient (Wildman–Crippen LogP) is 4.08. The lowest BCUT2D eigenvalue weighted by atomic mass is 9.67. The quantitative estimate of drug-likeness (QED) is 0.793. The van der Waals surface area contributed by atoms with Crippen LogP contribution in [0.3, 0.4) is 0 Å². The minimum atomic E-state index is -1.73. The molecule has 4 rings (SSSR count). The fourth-order valence-corrected chi connectivity index (χ4v) is 4.55. The summed E-state index contributed by atoms with van der Waals surface area (Å²) in [6.07, 6.45) is 3.49. The van der Waals surface area contributed by atoms with Gasteiger partial charge in [0.05, 0.1) is 24.2 Å². The third kappa shape index (κ3) is 2.28. The summed E-state index contributed by atoms with van der Waals surface area (Å²) in [7, 11) is 0. The van der Waals surface area contributed by atoms with Gasteiger partial charge in [0.2, 0.25) is 0 Å². The van der Waals surface area contributed by atoms with Gasteiger partial charge in [-0.15, -0.1) is 0 Å². The van der Waals surface area contributed by atoms with Gasteiger partial charge in [-0.1, -0.05) is 30.3 Å². The Hall–Kier alpha value is -3.51. The first-order valence-electron chi connectivity index (χ1n) is 8.77. The molecule has 6 heteroatoms. The molecule has 0 saturated carbocycles. The molecule has 0 bridgehead atoms. The highest BCUT2D eigenvalue weighted by Crippen LogP contribution is 2.59. The SMILES string of the molecule is CC(=O)[C@@H]1[C@H](c2ccc(F)cc2F)C(C#N)(C#N)[C@@H]2c3ccccc3C=CN12. The number of halogens is 2. The molecule has 1 saturated heterocycles. The molecule has 2 aromatic rings. The van der Waals surface area contributed by atoms with Crippen LogP contribution in [-0.4, -0.2) is 16.7 Å². The third-order valence-electron chi connectivity index (χ3n) is 5.66. The number of nitrogens with zero attached hydrogens (tertiary/aromatic N) is 3. The van der Waals surface area contributed by atoms with Gasteiger partial charge >= 0.3 is 0 Å². The number of hydrogen-bond acceptors (Lipinski definition) is 4. The van der Waals surface area contributed by atoms with Crippen molar-refractivity contribution >= 4 is 11.9 Å². The van der Waals surface area contributed by atoms with E-state index >= 15 is 0 Å². The van der Waals surface area contributed by atoms with Crippen molar-refractivity contribution in [2.24, 2.45) is 5.41 Å². The lowest BCUT2D eigenvalue weighted by Gasteiger charge is -2.34. The molecule has 2 aliphatic heterocycles. The molecule has 138 valence electrons. The maximum Gasteiger partial charge on any atom is 0.177 e. The summed E-state index contributed by atoms with van der Waals surface area (Å²) in [4.78, 5) is 14.3. The fourth-order valence-electron chi connectivity index (χ4n) is 4.55. The maximum absolute atomic E-state index is 14.7. The fraction of sp³-hybridized carbons (Fsp3) is 0.227. The van der Waals surface area contributed by atoms with Gasteiger partial charge in [-0.2, -0.15) is 10.5 Å². The molecule has 0 aromatic heterocycles. The zero-order valence-electron chi connectivity index (χ0n) is 14.9. The molecule has 2 aliphatic rings. The first-order chi connectivity index (χ1) is 13.4. The molecule has 28 heavy (non-hydrogen) atoms. The van der Waals surface area contributed by atoms with Gasteiger partial charge in [-0.05, 0) is 35.8 Å². The highest BCUT2D eigenvalue weighted by atomic mass is 19.1. The van der Waals surface area contributed by atoms with Crippen molar-refractivity contribution in [3.8, 4) is 12.1 Å². The summed E-state index contributed by atoms with van der Waals surface area (Å²) in [5.74, 6) is -3.00. The van der Waals surface area contributed by atoms with Crippen molar-refractivity contribution in [2.45, 2.75) is 24.9 Å². The second-order valence-corrected chi connectivity index (χ2v) is 7.09. The van der Waals surface area contributed by atoms with Crippen LogP contribution in [0.5, 0.6) is 0 Å². The normalized spacial score (nSPS) is 24.0. The van der Waals surface area contributed by atoms with Crippen LogP contribution in [0.15, 0.2) is 48.7 Å². The number of rotatable bonds is 2. The molecule has 1 fully saturated rings. The van der Waals surface area contributed by atoms with E-state index in [4.69, 9.17) is 0 Å². The first-order valence-corrected chi connectivity index (χ1v) is 8.77. The van der Waals surface area contributed by atoms with Crippen LogP contribution in [-0.2, 0) is 4.79 Å². The number of Topliss-reactive ketones (excluding diaryl/α,β-unsaturated/α-hetero) is 1. The van der Waals surface area contributed by atoms with E-state index in [-0.39, 0.29) is 11.3 Å². The summed E-state index contributed by atoms with van der Waals surface area (Å²) in [5.41, 5.74) is -0.175. The summed E-state index contributed by atoms with van der Waals surface area (Å²) in [6.45, 7) is 1.36. The Labute approximate surface area is 160 Å². The van der Waals surface area contributed by atoms with Crippen LogP contribution < -0.4 is 0 Å². The number of carbonyl (C=O) groups is 1. The van der Waals surface area contributed by atoms with Gasteiger partial charge in [0.25, 0.3) is 0 Å². The van der Waals surface area contributed by atoms with E-state index in [1.807, 2.05) is 18.2 Å². The second kappa shape index (κ2) is 6.28. The van der Waals surface area contributed by atoms with E-state index in [0.29, 0.717) is 6.07 Å². The summed E-state index contributed by atoms with van der Waals surface area (Å²) >= 11 is 0. The monoisotopic (exact) mass is 375 g/mol. The van der Waals surface area contributed by atoms with Gasteiger partial charge < -0.3 is 4.90 Å². The van der Waals surface area contributed by atoms with E-state index in [9.17, 15) is 24.1 Å². The van der Waals surface area contributed by atoms with E-state index in [1.54, 1.807) is 23.2 Å². The standard InChI is InChI=1S/C22H15F2N3O/c1-13(28)20-19(17-7-6-15(23)10-18(17)24)22(11-25,12-26)21-16-5-3-2-4-14(16)8-9-27(20)21/h2-10,19-21H,1H3/t19-,20+,21-/m0/s1. The molecular weight excluding hydrogens is 360 g/mol. The molecule has 0 unspecified atom stereocenters. The maximum atomic E-state index is 14.7. The van der Waals surface area contributed by atoms with Gasteiger partial charge in [0, 0.05) is 18.2 Å². The number of carbonyl (C=O) groups excluding carboxylic acids is 1. The van der Waals surface area contributed by atoms with Crippen molar-refractivity contribution in [1.82, 2.24) is 4.90 Å². The summed E-state index contributed by atoms with van der Waals surface area (Å²) in [6, 6.07) is 12.8. The number of ketones is 1. The van der Waals surface area contributed by atoms with Crippen molar-refractivity contribution in [3.05, 3.63) is 77.0 Å². The molecule has 2 aromatic carbocycles. The molecule has 0 spiro atoms. The number of fused-ring (bicyclic) bond motifs is 3. The lowest BCUT2D eigenvalue weighted by Crippen LogP contribution is -2.36. The van der Waals surface area contributed by atoms with Crippen LogP contribution in [0.25, 0.3) is 6.08 Å². The molecule has 2 heterocycles. The third-order valence-corrected chi connectivity index (χ3v) is 5.66. The minimum Gasteiger partial charge on any atom is -0.357 e. The molecule has 0 N–H and O–H groups in total. The molecule has 0 radical (unpaired) electrons. The molecular formula is C22H15F2N3O. The highest BCUT2D eigenvalue weighted by molar-refractivity contribution is 5.85. The zero-order valence-corrected chi connectivity index (χ0v) is 14.9. The second-order valence-electron chi connectivity index (χ2n) is 7.09. The lowest BCUT2D eigenvalue weighted by molar-refractivity contribution is -0.121. The van der Waals surface area contributed by atoms with Crippen molar-refractivity contribution in [2.75, 3.05) is 0 Å². The van der Waals surface area contributed by atoms with Crippen molar-refractivity contribution in [3.63, 3.8) is 0 Å². The van der Waals surface area contributed by atoms with Gasteiger partial charge in [-0.25, -0.2) is 8.78 Å². The van der Waals surface area contributed by atoms with E-state index < -0.39 is 35.1 Å². The zero-order chi connectivity index (χ0) is 20.1. The Kier molecular flexibility index (Phi) is 4.01. The Morgan fingerprint density at radius 2 is 1.82 bits per heavy atom. The summed E-state index contributed by atoms with van der Waals surface area (Å²) in [5, 5.41) is 20.3.